The second kappa shape index (κ2) is 6.62. The summed E-state index contributed by atoms with van der Waals surface area (Å²) in [6, 6.07) is 13.9. The van der Waals surface area contributed by atoms with Crippen molar-refractivity contribution in [2.45, 2.75) is 0 Å². The topological polar surface area (TPSA) is 37.0 Å². The summed E-state index contributed by atoms with van der Waals surface area (Å²) >= 11 is 5.98. The number of halogens is 2. The SMILES string of the molecule is Fc1ccc(NCCNc2ccnc3cc(Cl)ccc23)cc1. The molecule has 1 aromatic heterocycles. The molecule has 0 saturated heterocycles. The van der Waals surface area contributed by atoms with Gasteiger partial charge in [-0.25, -0.2) is 4.39 Å². The molecule has 0 spiro atoms. The first-order valence-electron chi connectivity index (χ1n) is 7.00. The van der Waals surface area contributed by atoms with E-state index in [0.29, 0.717) is 5.02 Å². The van der Waals surface area contributed by atoms with Crippen LogP contribution in [0.2, 0.25) is 5.02 Å². The maximum Gasteiger partial charge on any atom is 0.123 e. The Kier molecular flexibility index (Phi) is 4.39. The highest BCUT2D eigenvalue weighted by atomic mass is 35.5. The number of nitrogens with one attached hydrogen (secondary N) is 2. The van der Waals surface area contributed by atoms with Crippen LogP contribution in [0.4, 0.5) is 15.8 Å². The predicted octanol–water partition coefficient (Wildman–Crippen LogP) is 4.55. The van der Waals surface area contributed by atoms with Crippen LogP contribution in [0, 0.1) is 5.82 Å². The number of hydrogen-bond acceptors (Lipinski definition) is 3. The van der Waals surface area contributed by atoms with Gasteiger partial charge in [0, 0.05) is 41.1 Å². The van der Waals surface area contributed by atoms with Crippen molar-refractivity contribution in [3.05, 3.63) is 65.6 Å². The van der Waals surface area contributed by atoms with Gasteiger partial charge in [0.2, 0.25) is 0 Å². The average Bonchev–Trinajstić information content (AvgIpc) is 2.53. The minimum absolute atomic E-state index is 0.231. The van der Waals surface area contributed by atoms with Crippen LogP contribution in [0.5, 0.6) is 0 Å². The zero-order valence-corrected chi connectivity index (χ0v) is 12.6. The Balaban J connectivity index is 1.61. The van der Waals surface area contributed by atoms with Gasteiger partial charge in [-0.3, -0.25) is 4.98 Å². The number of pyridine rings is 1. The molecule has 3 aromatic rings. The molecule has 3 nitrogen and oxygen atoms in total. The van der Waals surface area contributed by atoms with Crippen molar-refractivity contribution in [2.75, 3.05) is 23.7 Å². The molecule has 0 bridgehead atoms. The third-order valence-corrected chi connectivity index (χ3v) is 3.55. The van der Waals surface area contributed by atoms with E-state index in [2.05, 4.69) is 15.6 Å². The van der Waals surface area contributed by atoms with E-state index < -0.39 is 0 Å². The molecule has 0 aliphatic carbocycles. The summed E-state index contributed by atoms with van der Waals surface area (Å²) in [5.74, 6) is -0.231. The number of fused-ring (bicyclic) bond motifs is 1. The van der Waals surface area contributed by atoms with Gasteiger partial charge in [-0.15, -0.1) is 0 Å². The summed E-state index contributed by atoms with van der Waals surface area (Å²) in [6.45, 7) is 1.46. The number of benzene rings is 2. The summed E-state index contributed by atoms with van der Waals surface area (Å²) in [5, 5.41) is 8.31. The summed E-state index contributed by atoms with van der Waals surface area (Å²) in [4.78, 5) is 4.31. The van der Waals surface area contributed by atoms with Crippen molar-refractivity contribution in [3.8, 4) is 0 Å². The van der Waals surface area contributed by atoms with Gasteiger partial charge in [0.25, 0.3) is 0 Å². The fourth-order valence-corrected chi connectivity index (χ4v) is 2.41. The molecule has 3 rings (SSSR count). The molecule has 1 heterocycles. The van der Waals surface area contributed by atoms with E-state index in [0.717, 1.165) is 35.4 Å². The van der Waals surface area contributed by atoms with Gasteiger partial charge in [0.1, 0.15) is 5.82 Å². The highest BCUT2D eigenvalue weighted by Gasteiger charge is 2.02. The van der Waals surface area contributed by atoms with E-state index in [1.165, 1.54) is 12.1 Å². The Hall–Kier alpha value is -2.33. The molecule has 0 fully saturated rings. The van der Waals surface area contributed by atoms with Crippen LogP contribution in [0.25, 0.3) is 10.9 Å². The van der Waals surface area contributed by atoms with Crippen LogP contribution in [0.3, 0.4) is 0 Å². The minimum Gasteiger partial charge on any atom is -0.383 e. The van der Waals surface area contributed by atoms with Crippen molar-refractivity contribution in [1.82, 2.24) is 4.98 Å². The molecule has 22 heavy (non-hydrogen) atoms. The lowest BCUT2D eigenvalue weighted by molar-refractivity contribution is 0.628. The summed E-state index contributed by atoms with van der Waals surface area (Å²) in [5.41, 5.74) is 2.78. The van der Waals surface area contributed by atoms with Gasteiger partial charge >= 0.3 is 0 Å². The minimum atomic E-state index is -0.231. The second-order valence-corrected chi connectivity index (χ2v) is 5.32. The lowest BCUT2D eigenvalue weighted by Crippen LogP contribution is -2.13. The third kappa shape index (κ3) is 3.46. The zero-order valence-electron chi connectivity index (χ0n) is 11.8. The largest absolute Gasteiger partial charge is 0.383 e. The van der Waals surface area contributed by atoms with Gasteiger partial charge in [0.05, 0.1) is 5.52 Å². The number of anilines is 2. The van der Waals surface area contributed by atoms with Crippen LogP contribution in [0.1, 0.15) is 0 Å². The first-order chi connectivity index (χ1) is 10.7. The van der Waals surface area contributed by atoms with Crippen molar-refractivity contribution in [3.63, 3.8) is 0 Å². The maximum absolute atomic E-state index is 12.8. The van der Waals surface area contributed by atoms with E-state index in [1.807, 2.05) is 24.3 Å². The lowest BCUT2D eigenvalue weighted by Gasteiger charge is -2.11. The smallest absolute Gasteiger partial charge is 0.123 e. The molecular weight excluding hydrogens is 301 g/mol. The van der Waals surface area contributed by atoms with Gasteiger partial charge < -0.3 is 10.6 Å². The number of rotatable bonds is 5. The highest BCUT2D eigenvalue weighted by molar-refractivity contribution is 6.31. The Morgan fingerprint density at radius 1 is 0.955 bits per heavy atom. The normalized spacial score (nSPS) is 10.6. The third-order valence-electron chi connectivity index (χ3n) is 3.32. The molecule has 0 aliphatic rings. The first kappa shape index (κ1) is 14.6. The van der Waals surface area contributed by atoms with Gasteiger partial charge in [-0.1, -0.05) is 11.6 Å². The van der Waals surface area contributed by atoms with Crippen molar-refractivity contribution < 1.29 is 4.39 Å². The van der Waals surface area contributed by atoms with Gasteiger partial charge in [-0.2, -0.15) is 0 Å². The summed E-state index contributed by atoms with van der Waals surface area (Å²) in [7, 11) is 0. The molecule has 0 aliphatic heterocycles. The van der Waals surface area contributed by atoms with E-state index >= 15 is 0 Å². The fourth-order valence-electron chi connectivity index (χ4n) is 2.25. The van der Waals surface area contributed by atoms with E-state index in [4.69, 9.17) is 11.6 Å². The van der Waals surface area contributed by atoms with Crippen molar-refractivity contribution >= 4 is 33.9 Å². The fraction of sp³-hybridized carbons (Fsp3) is 0.118. The molecule has 112 valence electrons. The molecule has 0 amide bonds. The average molecular weight is 316 g/mol. The quantitative estimate of drug-likeness (QED) is 0.678. The van der Waals surface area contributed by atoms with Crippen molar-refractivity contribution in [1.29, 1.82) is 0 Å². The van der Waals surface area contributed by atoms with Crippen LogP contribution in [-0.4, -0.2) is 18.1 Å². The first-order valence-corrected chi connectivity index (χ1v) is 7.38. The summed E-state index contributed by atoms with van der Waals surface area (Å²) < 4.78 is 12.8. The Labute approximate surface area is 133 Å². The van der Waals surface area contributed by atoms with E-state index in [1.54, 1.807) is 18.3 Å². The van der Waals surface area contributed by atoms with Gasteiger partial charge in [-0.05, 0) is 48.5 Å². The van der Waals surface area contributed by atoms with E-state index in [9.17, 15) is 4.39 Å². The molecule has 5 heteroatoms. The Morgan fingerprint density at radius 3 is 2.55 bits per heavy atom. The number of hydrogen-bond donors (Lipinski definition) is 2. The summed E-state index contributed by atoms with van der Waals surface area (Å²) in [6.07, 6.45) is 1.76. The monoisotopic (exact) mass is 315 g/mol. The molecule has 0 radical (unpaired) electrons. The highest BCUT2D eigenvalue weighted by Crippen LogP contribution is 2.24. The van der Waals surface area contributed by atoms with Crippen LogP contribution < -0.4 is 10.6 Å². The Bertz CT molecular complexity index is 774. The molecule has 0 unspecified atom stereocenters. The molecular formula is C17H15ClFN3. The van der Waals surface area contributed by atoms with Crippen LogP contribution in [0.15, 0.2) is 54.7 Å². The Morgan fingerprint density at radius 2 is 1.73 bits per heavy atom. The van der Waals surface area contributed by atoms with Crippen molar-refractivity contribution in [2.24, 2.45) is 0 Å². The van der Waals surface area contributed by atoms with Crippen LogP contribution >= 0.6 is 11.6 Å². The van der Waals surface area contributed by atoms with E-state index in [-0.39, 0.29) is 5.82 Å². The molecule has 0 atom stereocenters. The molecule has 2 aromatic carbocycles. The van der Waals surface area contributed by atoms with Gasteiger partial charge in [0.15, 0.2) is 0 Å². The standard InChI is InChI=1S/C17H15ClFN3/c18-12-1-6-15-16(7-8-21-17(15)11-12)22-10-9-20-14-4-2-13(19)3-5-14/h1-8,11,20H,9-10H2,(H,21,22). The molecule has 0 saturated carbocycles. The number of nitrogens with zero attached hydrogens (tertiary/aromatic N) is 1. The van der Waals surface area contributed by atoms with Crippen LogP contribution in [-0.2, 0) is 0 Å². The lowest BCUT2D eigenvalue weighted by atomic mass is 10.2. The predicted molar refractivity (Wildman–Crippen MR) is 90.1 cm³/mol. The number of aromatic nitrogens is 1. The second-order valence-electron chi connectivity index (χ2n) is 4.88. The molecule has 2 N–H and O–H groups in total. The zero-order chi connectivity index (χ0) is 15.4. The maximum atomic E-state index is 12.8.